The first-order valence-corrected chi connectivity index (χ1v) is 6.06. The Hall–Kier alpha value is 0.200. The number of rotatable bonds is 3. The van der Waals surface area contributed by atoms with E-state index in [4.69, 9.17) is 11.6 Å². The van der Waals surface area contributed by atoms with Gasteiger partial charge in [0, 0.05) is 19.0 Å². The number of nitrogens with zero attached hydrogens (tertiary/aromatic N) is 1. The summed E-state index contributed by atoms with van der Waals surface area (Å²) >= 11 is 5.72. The highest BCUT2D eigenvalue weighted by Crippen LogP contribution is 2.19. The van der Waals surface area contributed by atoms with Crippen molar-refractivity contribution in [3.8, 4) is 0 Å². The summed E-state index contributed by atoms with van der Waals surface area (Å²) in [6, 6.07) is 0. The van der Waals surface area contributed by atoms with Gasteiger partial charge in [0.15, 0.2) is 0 Å². The van der Waals surface area contributed by atoms with Gasteiger partial charge < -0.3 is 0 Å². The van der Waals surface area contributed by atoms with Crippen LogP contribution in [0.1, 0.15) is 27.7 Å². The molecule has 3 nitrogen and oxygen atoms in total. The minimum atomic E-state index is -3.22. The van der Waals surface area contributed by atoms with Gasteiger partial charge in [0.1, 0.15) is 0 Å². The van der Waals surface area contributed by atoms with Crippen LogP contribution in [0.2, 0.25) is 0 Å². The van der Waals surface area contributed by atoms with Crippen LogP contribution in [0.4, 0.5) is 0 Å². The first-order chi connectivity index (χ1) is 5.59. The molecule has 1 unspecified atom stereocenters. The molecule has 0 aliphatic heterocycles. The normalized spacial score (nSPS) is 16.2. The third-order valence-corrected chi connectivity index (χ3v) is 4.35. The van der Waals surface area contributed by atoms with E-state index in [0.29, 0.717) is 6.54 Å². The number of halogens is 1. The molecular weight excluding hydrogens is 210 g/mol. The van der Waals surface area contributed by atoms with E-state index in [2.05, 4.69) is 0 Å². The number of hydrogen-bond donors (Lipinski definition) is 0. The van der Waals surface area contributed by atoms with E-state index in [1.54, 1.807) is 34.7 Å². The van der Waals surface area contributed by atoms with Crippen LogP contribution >= 0.6 is 11.6 Å². The Morgan fingerprint density at radius 3 is 2.00 bits per heavy atom. The van der Waals surface area contributed by atoms with Crippen LogP contribution in [0.5, 0.6) is 0 Å². The summed E-state index contributed by atoms with van der Waals surface area (Å²) < 4.78 is 24.1. The van der Waals surface area contributed by atoms with Gasteiger partial charge in [0.25, 0.3) is 0 Å². The first kappa shape index (κ1) is 13.2. The molecule has 0 amide bonds. The molecule has 0 aromatic rings. The van der Waals surface area contributed by atoms with E-state index in [9.17, 15) is 8.42 Å². The molecule has 0 heterocycles. The highest BCUT2D eigenvalue weighted by molar-refractivity contribution is 7.90. The van der Waals surface area contributed by atoms with Crippen molar-refractivity contribution in [3.63, 3.8) is 0 Å². The Labute approximate surface area is 86.1 Å². The molecule has 0 aromatic heterocycles. The van der Waals surface area contributed by atoms with Crippen LogP contribution in [0, 0.1) is 0 Å². The summed E-state index contributed by atoms with van der Waals surface area (Å²) in [4.78, 5) is 0. The van der Waals surface area contributed by atoms with Gasteiger partial charge in [-0.3, -0.25) is 0 Å². The van der Waals surface area contributed by atoms with Crippen LogP contribution in [0.15, 0.2) is 0 Å². The maximum Gasteiger partial charge on any atom is 0.218 e. The van der Waals surface area contributed by atoms with Crippen molar-refractivity contribution in [2.75, 3.05) is 13.6 Å². The topological polar surface area (TPSA) is 37.4 Å². The maximum atomic E-state index is 11.8. The summed E-state index contributed by atoms with van der Waals surface area (Å²) in [5.74, 6) is 0. The SMILES string of the molecule is CC(Cl)CN(C)S(=O)(=O)C(C)(C)C. The average Bonchev–Trinajstić information content (AvgIpc) is 1.82. The maximum absolute atomic E-state index is 11.8. The lowest BCUT2D eigenvalue weighted by Gasteiger charge is -2.27. The molecule has 0 rings (SSSR count). The van der Waals surface area contributed by atoms with Gasteiger partial charge in [-0.25, -0.2) is 12.7 Å². The van der Waals surface area contributed by atoms with Gasteiger partial charge in [-0.05, 0) is 27.7 Å². The average molecular weight is 228 g/mol. The Balaban J connectivity index is 4.67. The standard InChI is InChI=1S/C8H18ClNO2S/c1-7(9)6-10(5)13(11,12)8(2,3)4/h7H,6H2,1-5H3. The fourth-order valence-corrected chi connectivity index (χ4v) is 2.56. The summed E-state index contributed by atoms with van der Waals surface area (Å²) in [5.41, 5.74) is 0. The van der Waals surface area contributed by atoms with Crippen LogP contribution in [-0.2, 0) is 10.0 Å². The van der Waals surface area contributed by atoms with E-state index in [1.807, 2.05) is 0 Å². The Morgan fingerprint density at radius 1 is 1.38 bits per heavy atom. The van der Waals surface area contributed by atoms with Gasteiger partial charge in [-0.2, -0.15) is 0 Å². The van der Waals surface area contributed by atoms with Crippen LogP contribution in [0.3, 0.4) is 0 Å². The fourth-order valence-electron chi connectivity index (χ4n) is 0.920. The zero-order valence-corrected chi connectivity index (χ0v) is 10.4. The lowest BCUT2D eigenvalue weighted by atomic mass is 10.3. The van der Waals surface area contributed by atoms with Crippen molar-refractivity contribution < 1.29 is 8.42 Å². The van der Waals surface area contributed by atoms with E-state index >= 15 is 0 Å². The molecular formula is C8H18ClNO2S. The molecule has 0 N–H and O–H groups in total. The van der Waals surface area contributed by atoms with Gasteiger partial charge >= 0.3 is 0 Å². The largest absolute Gasteiger partial charge is 0.218 e. The minimum Gasteiger partial charge on any atom is -0.212 e. The molecule has 80 valence electrons. The van der Waals surface area contributed by atoms with Crippen molar-refractivity contribution in [2.45, 2.75) is 37.8 Å². The summed E-state index contributed by atoms with van der Waals surface area (Å²) in [5, 5.41) is -0.165. The Kier molecular flexibility index (Phi) is 4.22. The number of hydrogen-bond acceptors (Lipinski definition) is 2. The van der Waals surface area contributed by atoms with Gasteiger partial charge in [0.05, 0.1) is 4.75 Å². The molecule has 0 aliphatic carbocycles. The molecule has 13 heavy (non-hydrogen) atoms. The third-order valence-electron chi connectivity index (χ3n) is 1.69. The minimum absolute atomic E-state index is 0.165. The summed E-state index contributed by atoms with van der Waals surface area (Å²) in [6.45, 7) is 7.16. The molecule has 5 heteroatoms. The second-order valence-corrected chi connectivity index (χ2v) is 7.72. The van der Waals surface area contributed by atoms with Crippen molar-refractivity contribution >= 4 is 21.6 Å². The van der Waals surface area contributed by atoms with Crippen LogP contribution in [0.25, 0.3) is 0 Å². The fraction of sp³-hybridized carbons (Fsp3) is 1.00. The highest BCUT2D eigenvalue weighted by Gasteiger charge is 2.33. The molecule has 0 bridgehead atoms. The molecule has 0 spiro atoms. The zero-order valence-electron chi connectivity index (χ0n) is 8.83. The number of alkyl halides is 1. The van der Waals surface area contributed by atoms with Crippen LogP contribution < -0.4 is 0 Å². The predicted octanol–water partition coefficient (Wildman–Crippen LogP) is 1.67. The molecule has 0 aromatic carbocycles. The molecule has 0 radical (unpaired) electrons. The predicted molar refractivity (Wildman–Crippen MR) is 56.6 cm³/mol. The van der Waals surface area contributed by atoms with Crippen molar-refractivity contribution in [1.29, 1.82) is 0 Å². The summed E-state index contributed by atoms with van der Waals surface area (Å²) in [6.07, 6.45) is 0. The second-order valence-electron chi connectivity index (χ2n) is 4.18. The van der Waals surface area contributed by atoms with Crippen molar-refractivity contribution in [2.24, 2.45) is 0 Å². The van der Waals surface area contributed by atoms with E-state index in [-0.39, 0.29) is 5.38 Å². The van der Waals surface area contributed by atoms with Gasteiger partial charge in [-0.15, -0.1) is 11.6 Å². The smallest absolute Gasteiger partial charge is 0.212 e. The molecule has 0 aliphatic rings. The molecule has 1 atom stereocenters. The lowest BCUT2D eigenvalue weighted by molar-refractivity contribution is 0.446. The Bertz CT molecular complexity index is 254. The van der Waals surface area contributed by atoms with E-state index < -0.39 is 14.8 Å². The quantitative estimate of drug-likeness (QED) is 0.688. The van der Waals surface area contributed by atoms with E-state index in [1.165, 1.54) is 4.31 Å². The van der Waals surface area contributed by atoms with Gasteiger partial charge in [0.2, 0.25) is 10.0 Å². The molecule has 0 saturated carbocycles. The lowest BCUT2D eigenvalue weighted by Crippen LogP contribution is -2.42. The van der Waals surface area contributed by atoms with Gasteiger partial charge in [-0.1, -0.05) is 0 Å². The van der Waals surface area contributed by atoms with Crippen LogP contribution in [-0.4, -0.2) is 36.4 Å². The third kappa shape index (κ3) is 3.44. The number of sulfonamides is 1. The highest BCUT2D eigenvalue weighted by atomic mass is 35.5. The van der Waals surface area contributed by atoms with Crippen molar-refractivity contribution in [1.82, 2.24) is 4.31 Å². The molecule has 0 fully saturated rings. The molecule has 0 saturated heterocycles. The van der Waals surface area contributed by atoms with Crippen molar-refractivity contribution in [3.05, 3.63) is 0 Å². The summed E-state index contributed by atoms with van der Waals surface area (Å²) in [7, 11) is -1.67. The second kappa shape index (κ2) is 4.15. The van der Waals surface area contributed by atoms with E-state index in [0.717, 1.165) is 0 Å². The zero-order chi connectivity index (χ0) is 10.9. The Morgan fingerprint density at radius 2 is 1.77 bits per heavy atom. The first-order valence-electron chi connectivity index (χ1n) is 4.19. The monoisotopic (exact) mass is 227 g/mol.